The van der Waals surface area contributed by atoms with Crippen LogP contribution in [0.4, 0.5) is 0 Å². The number of ether oxygens (including phenoxy) is 1. The number of hydrogen-bond donors (Lipinski definition) is 0. The molecule has 0 aliphatic carbocycles. The van der Waals surface area contributed by atoms with E-state index in [1.54, 1.807) is 38.1 Å². The van der Waals surface area contributed by atoms with E-state index in [0.29, 0.717) is 0 Å². The van der Waals surface area contributed by atoms with E-state index in [0.717, 1.165) is 21.9 Å². The van der Waals surface area contributed by atoms with Crippen LogP contribution >= 0.6 is 0 Å². The van der Waals surface area contributed by atoms with Gasteiger partial charge in [0.05, 0.1) is 18.0 Å². The second-order valence-electron chi connectivity index (χ2n) is 8.32. The number of hydrogen-bond acceptors (Lipinski definition) is 4. The summed E-state index contributed by atoms with van der Waals surface area (Å²) < 4.78 is 33.1. The Labute approximate surface area is 201 Å². The van der Waals surface area contributed by atoms with Crippen molar-refractivity contribution in [2.75, 3.05) is 13.1 Å². The largest absolute Gasteiger partial charge is 0.447 e. The topological polar surface area (TPSA) is 63.7 Å². The molecule has 0 aliphatic rings. The Morgan fingerprint density at radius 3 is 2.29 bits per heavy atom. The number of carbonyl (C=O) groups excluding carboxylic acids is 1. The average Bonchev–Trinajstić information content (AvgIpc) is 2.77. The fourth-order valence-corrected chi connectivity index (χ4v) is 4.62. The molecule has 3 rings (SSSR count). The van der Waals surface area contributed by atoms with Crippen LogP contribution in [0.15, 0.2) is 71.6 Å². The van der Waals surface area contributed by atoms with Crippen LogP contribution in [-0.4, -0.2) is 37.4 Å². The molecule has 5 nitrogen and oxygen atoms in total. The molecular weight excluding hydrogens is 446 g/mol. The van der Waals surface area contributed by atoms with Crippen LogP contribution in [0.1, 0.15) is 31.9 Å². The first-order chi connectivity index (χ1) is 16.1. The number of sulfonamides is 1. The third-order valence-corrected chi connectivity index (χ3v) is 6.78. The molecule has 6 heteroatoms. The van der Waals surface area contributed by atoms with Gasteiger partial charge in [-0.3, -0.25) is 4.79 Å². The number of fused-ring (bicyclic) bond motifs is 1. The van der Waals surface area contributed by atoms with Crippen LogP contribution in [0, 0.1) is 30.6 Å². The predicted octanol–water partition coefficient (Wildman–Crippen LogP) is 4.54. The van der Waals surface area contributed by atoms with E-state index in [1.807, 2.05) is 49.4 Å². The molecule has 0 amide bonds. The van der Waals surface area contributed by atoms with Crippen molar-refractivity contribution >= 4 is 26.8 Å². The summed E-state index contributed by atoms with van der Waals surface area (Å²) in [5, 5.41) is 2.07. The minimum atomic E-state index is -3.83. The molecule has 0 N–H and O–H groups in total. The number of nitrogens with zero attached hydrogens (tertiary/aromatic N) is 1. The molecule has 0 heterocycles. The zero-order valence-electron chi connectivity index (χ0n) is 19.8. The molecule has 0 atom stereocenters. The highest BCUT2D eigenvalue weighted by Gasteiger charge is 2.23. The number of aryl methyl sites for hydroxylation is 1. The molecule has 174 valence electrons. The average molecular weight is 474 g/mol. The van der Waals surface area contributed by atoms with E-state index in [-0.39, 0.29) is 18.0 Å². The van der Waals surface area contributed by atoms with Gasteiger partial charge in [0.15, 0.2) is 5.60 Å². The third-order valence-electron chi connectivity index (χ3n) is 4.97. The number of benzene rings is 3. The highest BCUT2D eigenvalue weighted by atomic mass is 32.2. The van der Waals surface area contributed by atoms with E-state index in [2.05, 4.69) is 23.7 Å². The Morgan fingerprint density at radius 2 is 1.59 bits per heavy atom. The van der Waals surface area contributed by atoms with Crippen molar-refractivity contribution in [1.82, 2.24) is 4.31 Å². The van der Waals surface area contributed by atoms with E-state index in [9.17, 15) is 13.2 Å². The molecule has 0 aromatic heterocycles. The Morgan fingerprint density at radius 1 is 0.941 bits per heavy atom. The van der Waals surface area contributed by atoms with Crippen LogP contribution in [0.2, 0.25) is 0 Å². The second-order valence-corrected chi connectivity index (χ2v) is 10.3. The first-order valence-corrected chi connectivity index (χ1v) is 12.3. The lowest BCUT2D eigenvalue weighted by Gasteiger charge is -2.19. The molecule has 0 saturated carbocycles. The molecule has 0 radical (unpaired) electrons. The summed E-state index contributed by atoms with van der Waals surface area (Å²) in [6.45, 7) is 6.38. The Hall–Kier alpha value is -3.58. The maximum absolute atomic E-state index is 13.3. The quantitative estimate of drug-likeness (QED) is 0.403. The van der Waals surface area contributed by atoms with Crippen LogP contribution in [0.5, 0.6) is 0 Å². The highest BCUT2D eigenvalue weighted by Crippen LogP contribution is 2.18. The molecule has 34 heavy (non-hydrogen) atoms. The summed E-state index contributed by atoms with van der Waals surface area (Å²) in [7, 11) is -3.83. The van der Waals surface area contributed by atoms with E-state index < -0.39 is 21.6 Å². The number of esters is 1. The molecule has 0 saturated heterocycles. The van der Waals surface area contributed by atoms with Gasteiger partial charge in [0.25, 0.3) is 0 Å². The number of rotatable bonds is 5. The van der Waals surface area contributed by atoms with Gasteiger partial charge in [-0.2, -0.15) is 4.31 Å². The normalized spacial score (nSPS) is 11.3. The summed E-state index contributed by atoms with van der Waals surface area (Å²) in [6.07, 6.45) is 0. The fraction of sp³-hybridized carbons (Fsp3) is 0.250. The van der Waals surface area contributed by atoms with Crippen molar-refractivity contribution < 1.29 is 17.9 Å². The first-order valence-electron chi connectivity index (χ1n) is 10.8. The summed E-state index contributed by atoms with van der Waals surface area (Å²) in [6, 6.07) is 20.4. The van der Waals surface area contributed by atoms with Gasteiger partial charge in [-0.25, -0.2) is 8.42 Å². The molecule has 0 bridgehead atoms. The maximum atomic E-state index is 13.3. The van der Waals surface area contributed by atoms with Crippen molar-refractivity contribution in [1.29, 1.82) is 0 Å². The van der Waals surface area contributed by atoms with Crippen molar-refractivity contribution in [2.45, 2.75) is 38.2 Å². The van der Waals surface area contributed by atoms with E-state index in [4.69, 9.17) is 4.74 Å². The van der Waals surface area contributed by atoms with E-state index in [1.165, 1.54) is 11.2 Å². The van der Waals surface area contributed by atoms with Gasteiger partial charge in [-0.1, -0.05) is 77.8 Å². The van der Waals surface area contributed by atoms with Crippen LogP contribution in [0.25, 0.3) is 10.8 Å². The lowest BCUT2D eigenvalue weighted by Crippen LogP contribution is -2.32. The van der Waals surface area contributed by atoms with Crippen molar-refractivity contribution in [3.05, 3.63) is 77.9 Å². The fourth-order valence-electron chi connectivity index (χ4n) is 3.37. The van der Waals surface area contributed by atoms with Crippen LogP contribution in [0.3, 0.4) is 0 Å². The van der Waals surface area contributed by atoms with Crippen molar-refractivity contribution in [3.63, 3.8) is 0 Å². The standard InChI is InChI=1S/C28H27NO4S/c1-22-15-17-26(18-16-22)34(31,32)29(21-9-19-28(3,4)33-23(2)30)20-8-13-25-12-7-11-24-10-5-6-14-27(24)25/h5-7,10-12,14-18H,20-21H2,1-4H3. The smallest absolute Gasteiger partial charge is 0.304 e. The molecule has 3 aromatic rings. The van der Waals surface area contributed by atoms with Crippen LogP contribution < -0.4 is 0 Å². The number of carbonyl (C=O) groups is 1. The summed E-state index contributed by atoms with van der Waals surface area (Å²) in [5.41, 5.74) is 0.761. The zero-order valence-corrected chi connectivity index (χ0v) is 20.6. The summed E-state index contributed by atoms with van der Waals surface area (Å²) in [5.74, 6) is 11.3. The minimum Gasteiger partial charge on any atom is -0.447 e. The van der Waals surface area contributed by atoms with Gasteiger partial charge in [-0.15, -0.1) is 0 Å². The molecule has 3 aromatic carbocycles. The molecule has 0 unspecified atom stereocenters. The van der Waals surface area contributed by atoms with Crippen molar-refractivity contribution in [3.8, 4) is 23.7 Å². The van der Waals surface area contributed by atoms with Gasteiger partial charge < -0.3 is 4.74 Å². The second kappa shape index (κ2) is 10.6. The molecule has 0 fully saturated rings. The van der Waals surface area contributed by atoms with E-state index >= 15 is 0 Å². The minimum absolute atomic E-state index is 0.0396. The molecule has 0 spiro atoms. The van der Waals surface area contributed by atoms with Gasteiger partial charge in [0, 0.05) is 12.5 Å². The van der Waals surface area contributed by atoms with Gasteiger partial charge in [-0.05, 0) is 49.7 Å². The summed E-state index contributed by atoms with van der Waals surface area (Å²) in [4.78, 5) is 11.5. The third kappa shape index (κ3) is 6.48. The Balaban J connectivity index is 1.92. The molecule has 0 aliphatic heterocycles. The van der Waals surface area contributed by atoms with Gasteiger partial charge in [0.1, 0.15) is 0 Å². The van der Waals surface area contributed by atoms with Gasteiger partial charge >= 0.3 is 5.97 Å². The SMILES string of the molecule is CC(=O)OC(C)(C)C#CCN(CC#Cc1cccc2ccccc12)S(=O)(=O)c1ccc(C)cc1. The van der Waals surface area contributed by atoms with Crippen LogP contribution in [-0.2, 0) is 19.6 Å². The highest BCUT2D eigenvalue weighted by molar-refractivity contribution is 7.89. The summed E-state index contributed by atoms with van der Waals surface area (Å²) >= 11 is 0. The zero-order chi connectivity index (χ0) is 24.8. The van der Waals surface area contributed by atoms with Gasteiger partial charge in [0.2, 0.25) is 10.0 Å². The van der Waals surface area contributed by atoms with Crippen molar-refractivity contribution in [2.24, 2.45) is 0 Å². The Bertz CT molecular complexity index is 1410. The maximum Gasteiger partial charge on any atom is 0.304 e. The Kier molecular flexibility index (Phi) is 7.79. The monoisotopic (exact) mass is 473 g/mol. The first kappa shape index (κ1) is 25.1. The lowest BCUT2D eigenvalue weighted by molar-refractivity contribution is -0.148. The lowest BCUT2D eigenvalue weighted by atomic mass is 10.1. The predicted molar refractivity (Wildman–Crippen MR) is 134 cm³/mol. The molecular formula is C28H27NO4S.